The van der Waals surface area contributed by atoms with Crippen molar-refractivity contribution in [2.45, 2.75) is 63.8 Å². The number of methoxy groups -OCH3 is 2. The standard InChI is InChI=1S/C24H30N4O7/c1-23(2,3)34-21(30)14-10-11-16-17(12-14)28(15-8-7-9-15)19(25-16)20-26-24(22(31)33-6,35-27(20)4)13-18(29)32-5/h10-12,15H,7-9,13H2,1-6H3. The molecule has 11 heteroatoms. The normalized spacial score (nSPS) is 20.4. The van der Waals surface area contributed by atoms with Gasteiger partial charge in [0, 0.05) is 13.1 Å². The van der Waals surface area contributed by atoms with Crippen molar-refractivity contribution in [3.05, 3.63) is 29.6 Å². The number of esters is 3. The average Bonchev–Trinajstić information content (AvgIpc) is 3.28. The Bertz CT molecular complexity index is 1210. The molecule has 2 aromatic rings. The Morgan fingerprint density at radius 1 is 1.17 bits per heavy atom. The highest BCUT2D eigenvalue weighted by Gasteiger charge is 2.51. The molecule has 1 aromatic heterocycles. The molecule has 0 amide bonds. The summed E-state index contributed by atoms with van der Waals surface area (Å²) < 4.78 is 17.2. The summed E-state index contributed by atoms with van der Waals surface area (Å²) in [5.74, 6) is -1.21. The molecule has 188 valence electrons. The third-order valence-corrected chi connectivity index (χ3v) is 5.95. The van der Waals surface area contributed by atoms with Gasteiger partial charge in [0.05, 0.1) is 30.8 Å². The van der Waals surface area contributed by atoms with E-state index in [4.69, 9.17) is 24.0 Å². The number of imidazole rings is 1. The van der Waals surface area contributed by atoms with Crippen LogP contribution in [0.1, 0.15) is 68.7 Å². The molecule has 11 nitrogen and oxygen atoms in total. The van der Waals surface area contributed by atoms with Gasteiger partial charge in [0.2, 0.25) is 0 Å². The molecule has 0 bridgehead atoms. The summed E-state index contributed by atoms with van der Waals surface area (Å²) in [6.45, 7) is 5.45. The van der Waals surface area contributed by atoms with Crippen molar-refractivity contribution in [1.29, 1.82) is 0 Å². The first-order chi connectivity index (χ1) is 16.5. The number of aliphatic imine (C=N–C) groups is 1. The average molecular weight is 487 g/mol. The van der Waals surface area contributed by atoms with E-state index in [1.54, 1.807) is 25.2 Å². The second-order valence-electron chi connectivity index (χ2n) is 9.65. The number of amidine groups is 1. The molecule has 1 fully saturated rings. The number of hydroxylamine groups is 2. The van der Waals surface area contributed by atoms with Crippen molar-refractivity contribution in [3.63, 3.8) is 0 Å². The number of benzene rings is 1. The summed E-state index contributed by atoms with van der Waals surface area (Å²) >= 11 is 0. The summed E-state index contributed by atoms with van der Waals surface area (Å²) in [5.41, 5.74) is -0.740. The van der Waals surface area contributed by atoms with Crippen LogP contribution >= 0.6 is 0 Å². The van der Waals surface area contributed by atoms with Crippen LogP contribution in [0.2, 0.25) is 0 Å². The van der Waals surface area contributed by atoms with Gasteiger partial charge < -0.3 is 18.8 Å². The Morgan fingerprint density at radius 3 is 2.46 bits per heavy atom. The number of carbonyl (C=O) groups is 3. The zero-order valence-corrected chi connectivity index (χ0v) is 20.8. The summed E-state index contributed by atoms with van der Waals surface area (Å²) in [6.07, 6.45) is 2.45. The van der Waals surface area contributed by atoms with Crippen molar-refractivity contribution in [1.82, 2.24) is 14.6 Å². The predicted octanol–water partition coefficient (Wildman–Crippen LogP) is 2.77. The summed E-state index contributed by atoms with van der Waals surface area (Å²) in [4.78, 5) is 52.4. The van der Waals surface area contributed by atoms with E-state index in [1.165, 1.54) is 19.3 Å². The third-order valence-electron chi connectivity index (χ3n) is 5.95. The Morgan fingerprint density at radius 2 is 1.89 bits per heavy atom. The molecule has 0 saturated heterocycles. The van der Waals surface area contributed by atoms with Crippen molar-refractivity contribution in [3.8, 4) is 0 Å². The number of fused-ring (bicyclic) bond motifs is 1. The number of carbonyl (C=O) groups excluding carboxylic acids is 3. The van der Waals surface area contributed by atoms with Gasteiger partial charge in [0.1, 0.15) is 12.0 Å². The zero-order valence-electron chi connectivity index (χ0n) is 20.8. The minimum absolute atomic E-state index is 0.133. The molecule has 2 aliphatic rings. The quantitative estimate of drug-likeness (QED) is 0.448. The van der Waals surface area contributed by atoms with Gasteiger partial charge in [0.15, 0.2) is 11.7 Å². The van der Waals surface area contributed by atoms with E-state index in [-0.39, 0.29) is 11.9 Å². The topological polar surface area (TPSA) is 122 Å². The number of rotatable bonds is 6. The van der Waals surface area contributed by atoms with Gasteiger partial charge in [-0.3, -0.25) is 4.79 Å². The van der Waals surface area contributed by atoms with E-state index >= 15 is 0 Å². The lowest BCUT2D eigenvalue weighted by atomic mass is 9.92. The van der Waals surface area contributed by atoms with Crippen molar-refractivity contribution < 1.29 is 33.4 Å². The second kappa shape index (κ2) is 8.95. The molecule has 1 atom stereocenters. The number of ether oxygens (including phenoxy) is 3. The van der Waals surface area contributed by atoms with Crippen LogP contribution in [0, 0.1) is 0 Å². The fourth-order valence-electron chi connectivity index (χ4n) is 4.11. The zero-order chi connectivity index (χ0) is 25.5. The number of hydrogen-bond donors (Lipinski definition) is 0. The molecule has 1 aliphatic carbocycles. The first kappa shape index (κ1) is 24.6. The fraction of sp³-hybridized carbons (Fsp3) is 0.542. The molecule has 4 rings (SSSR count). The van der Waals surface area contributed by atoms with Gasteiger partial charge in [-0.25, -0.2) is 29.5 Å². The largest absolute Gasteiger partial charge is 0.469 e. The SMILES string of the molecule is COC(=O)CC1(C(=O)OC)N=C(c2nc3ccc(C(=O)OC(C)(C)C)cc3n2C2CCC2)N(C)O1. The highest BCUT2D eigenvalue weighted by atomic mass is 16.7. The highest BCUT2D eigenvalue weighted by molar-refractivity contribution is 6.03. The molecule has 0 radical (unpaired) electrons. The Kier molecular flexibility index (Phi) is 6.31. The maximum Gasteiger partial charge on any atom is 0.364 e. The van der Waals surface area contributed by atoms with Gasteiger partial charge in [-0.15, -0.1) is 0 Å². The van der Waals surface area contributed by atoms with E-state index < -0.39 is 35.7 Å². The van der Waals surface area contributed by atoms with Crippen molar-refractivity contribution >= 4 is 34.8 Å². The molecule has 1 saturated carbocycles. The third kappa shape index (κ3) is 4.60. The van der Waals surface area contributed by atoms with E-state index in [0.29, 0.717) is 16.9 Å². The summed E-state index contributed by atoms with van der Waals surface area (Å²) in [7, 11) is 3.99. The highest BCUT2D eigenvalue weighted by Crippen LogP contribution is 2.38. The van der Waals surface area contributed by atoms with Gasteiger partial charge in [-0.2, -0.15) is 0 Å². The number of aromatic nitrogens is 2. The van der Waals surface area contributed by atoms with Gasteiger partial charge in [-0.1, -0.05) is 0 Å². The van der Waals surface area contributed by atoms with E-state index in [9.17, 15) is 14.4 Å². The van der Waals surface area contributed by atoms with Crippen molar-refractivity contribution in [2.75, 3.05) is 21.3 Å². The van der Waals surface area contributed by atoms with E-state index in [1.807, 2.05) is 25.3 Å². The molecule has 35 heavy (non-hydrogen) atoms. The smallest absolute Gasteiger partial charge is 0.364 e. The van der Waals surface area contributed by atoms with Crippen LogP contribution < -0.4 is 0 Å². The van der Waals surface area contributed by atoms with Crippen LogP contribution in [0.3, 0.4) is 0 Å². The lowest BCUT2D eigenvalue weighted by Crippen LogP contribution is -2.42. The van der Waals surface area contributed by atoms with Crippen LogP contribution in [0.15, 0.2) is 23.2 Å². The van der Waals surface area contributed by atoms with Crippen LogP contribution in [-0.2, 0) is 28.6 Å². The van der Waals surface area contributed by atoms with Crippen LogP contribution in [-0.4, -0.2) is 71.0 Å². The molecular formula is C24H30N4O7. The summed E-state index contributed by atoms with van der Waals surface area (Å²) in [6, 6.07) is 5.32. The van der Waals surface area contributed by atoms with Gasteiger partial charge in [0.25, 0.3) is 5.72 Å². The first-order valence-electron chi connectivity index (χ1n) is 11.4. The molecular weight excluding hydrogens is 456 g/mol. The maximum absolute atomic E-state index is 12.7. The number of nitrogens with zero attached hydrogens (tertiary/aromatic N) is 4. The number of hydrogen-bond acceptors (Lipinski definition) is 10. The van der Waals surface area contributed by atoms with Crippen LogP contribution in [0.4, 0.5) is 0 Å². The fourth-order valence-corrected chi connectivity index (χ4v) is 4.11. The summed E-state index contributed by atoms with van der Waals surface area (Å²) in [5, 5.41) is 1.31. The Hall–Kier alpha value is -3.47. The maximum atomic E-state index is 12.7. The van der Waals surface area contributed by atoms with Crippen molar-refractivity contribution in [2.24, 2.45) is 4.99 Å². The lowest BCUT2D eigenvalue weighted by Gasteiger charge is -2.29. The molecule has 0 N–H and O–H groups in total. The minimum atomic E-state index is -1.92. The van der Waals surface area contributed by atoms with Crippen LogP contribution in [0.25, 0.3) is 11.0 Å². The van der Waals surface area contributed by atoms with E-state index in [2.05, 4.69) is 4.99 Å². The van der Waals surface area contributed by atoms with Gasteiger partial charge >= 0.3 is 17.9 Å². The van der Waals surface area contributed by atoms with Gasteiger partial charge in [-0.05, 0) is 58.2 Å². The first-order valence-corrected chi connectivity index (χ1v) is 11.4. The Balaban J connectivity index is 1.83. The van der Waals surface area contributed by atoms with E-state index in [0.717, 1.165) is 24.8 Å². The molecule has 1 aromatic carbocycles. The minimum Gasteiger partial charge on any atom is -0.469 e. The molecule has 1 aliphatic heterocycles. The van der Waals surface area contributed by atoms with Crippen LogP contribution in [0.5, 0.6) is 0 Å². The predicted molar refractivity (Wildman–Crippen MR) is 125 cm³/mol. The molecule has 2 heterocycles. The lowest BCUT2D eigenvalue weighted by molar-refractivity contribution is -0.205. The monoisotopic (exact) mass is 486 g/mol. The second-order valence-corrected chi connectivity index (χ2v) is 9.65. The Labute approximate surface area is 202 Å². The molecule has 1 unspecified atom stereocenters. The molecule has 0 spiro atoms.